The summed E-state index contributed by atoms with van der Waals surface area (Å²) in [7, 11) is 1.56. The molecular weight excluding hydrogens is 340 g/mol. The molecule has 0 spiro atoms. The Morgan fingerprint density at radius 1 is 1.28 bits per heavy atom. The number of ether oxygens (including phenoxy) is 2. The van der Waals surface area contributed by atoms with Gasteiger partial charge < -0.3 is 14.4 Å². The van der Waals surface area contributed by atoms with E-state index in [1.807, 2.05) is 35.2 Å². The van der Waals surface area contributed by atoms with Gasteiger partial charge in [-0.05, 0) is 31.0 Å². The standard InChI is InChI=1S/C19H21ClN2O3/c1-24-18-10-4-6-14(21-18)12-19(23)22-11-5-7-15(13-22)25-17-9-3-2-8-16(17)20/h2-4,6,8-10,15H,5,7,11-13H2,1H3. The van der Waals surface area contributed by atoms with Crippen molar-refractivity contribution in [2.24, 2.45) is 0 Å². The first-order chi connectivity index (χ1) is 12.2. The Labute approximate surface area is 152 Å². The molecule has 1 aliphatic rings. The summed E-state index contributed by atoms with van der Waals surface area (Å²) in [6.07, 6.45) is 2.03. The molecule has 1 fully saturated rings. The van der Waals surface area contributed by atoms with Crippen LogP contribution >= 0.6 is 11.6 Å². The minimum absolute atomic E-state index is 0.0455. The lowest BCUT2D eigenvalue weighted by Crippen LogP contribution is -2.45. The highest BCUT2D eigenvalue weighted by atomic mass is 35.5. The van der Waals surface area contributed by atoms with E-state index >= 15 is 0 Å². The number of rotatable bonds is 5. The van der Waals surface area contributed by atoms with E-state index in [4.69, 9.17) is 21.1 Å². The monoisotopic (exact) mass is 360 g/mol. The molecule has 1 aliphatic heterocycles. The van der Waals surface area contributed by atoms with Crippen molar-refractivity contribution in [3.8, 4) is 11.6 Å². The van der Waals surface area contributed by atoms with Crippen LogP contribution in [0.5, 0.6) is 11.6 Å². The smallest absolute Gasteiger partial charge is 0.228 e. The number of pyridine rings is 1. The van der Waals surface area contributed by atoms with Gasteiger partial charge in [0.1, 0.15) is 11.9 Å². The van der Waals surface area contributed by atoms with Crippen LogP contribution in [0.4, 0.5) is 0 Å². The molecule has 0 radical (unpaired) electrons. The van der Waals surface area contributed by atoms with Crippen LogP contribution in [0.3, 0.4) is 0 Å². The minimum Gasteiger partial charge on any atom is -0.487 e. The van der Waals surface area contributed by atoms with Gasteiger partial charge in [0.2, 0.25) is 11.8 Å². The number of para-hydroxylation sites is 1. The molecule has 0 aliphatic carbocycles. The maximum atomic E-state index is 12.6. The number of carbonyl (C=O) groups is 1. The Morgan fingerprint density at radius 2 is 2.12 bits per heavy atom. The van der Waals surface area contributed by atoms with E-state index in [9.17, 15) is 4.79 Å². The summed E-state index contributed by atoms with van der Waals surface area (Å²) in [5, 5.41) is 0.589. The van der Waals surface area contributed by atoms with Crippen LogP contribution in [0, 0.1) is 0 Å². The van der Waals surface area contributed by atoms with Crippen molar-refractivity contribution >= 4 is 17.5 Å². The van der Waals surface area contributed by atoms with Gasteiger partial charge in [0.15, 0.2) is 0 Å². The molecule has 132 valence electrons. The fourth-order valence-electron chi connectivity index (χ4n) is 2.92. The fraction of sp³-hybridized carbons (Fsp3) is 0.368. The molecule has 5 nitrogen and oxygen atoms in total. The predicted molar refractivity (Wildman–Crippen MR) is 96.2 cm³/mol. The van der Waals surface area contributed by atoms with Crippen LogP contribution in [0.2, 0.25) is 5.02 Å². The zero-order valence-electron chi connectivity index (χ0n) is 14.2. The summed E-state index contributed by atoms with van der Waals surface area (Å²) in [5.74, 6) is 1.23. The third kappa shape index (κ3) is 4.63. The topological polar surface area (TPSA) is 51.7 Å². The van der Waals surface area contributed by atoms with E-state index in [-0.39, 0.29) is 18.4 Å². The van der Waals surface area contributed by atoms with Crippen LogP contribution in [0.25, 0.3) is 0 Å². The average Bonchev–Trinajstić information content (AvgIpc) is 2.64. The summed E-state index contributed by atoms with van der Waals surface area (Å²) in [6.45, 7) is 1.30. The summed E-state index contributed by atoms with van der Waals surface area (Å²) in [4.78, 5) is 18.7. The molecule has 0 bridgehead atoms. The first-order valence-corrected chi connectivity index (χ1v) is 8.72. The molecule has 0 N–H and O–H groups in total. The lowest BCUT2D eigenvalue weighted by Gasteiger charge is -2.33. The molecule has 3 rings (SSSR count). The molecule has 0 saturated carbocycles. The number of halogens is 1. The zero-order chi connectivity index (χ0) is 17.6. The zero-order valence-corrected chi connectivity index (χ0v) is 14.9. The van der Waals surface area contributed by atoms with Crippen molar-refractivity contribution in [2.75, 3.05) is 20.2 Å². The Hall–Kier alpha value is -2.27. The van der Waals surface area contributed by atoms with E-state index < -0.39 is 0 Å². The number of nitrogens with zero attached hydrogens (tertiary/aromatic N) is 2. The molecule has 1 atom stereocenters. The highest BCUT2D eigenvalue weighted by Gasteiger charge is 2.25. The molecule has 2 aromatic rings. The second kappa shape index (κ2) is 8.21. The number of benzene rings is 1. The maximum Gasteiger partial charge on any atom is 0.228 e. The quantitative estimate of drug-likeness (QED) is 0.820. The Bertz CT molecular complexity index is 738. The van der Waals surface area contributed by atoms with Crippen molar-refractivity contribution in [1.82, 2.24) is 9.88 Å². The summed E-state index contributed by atoms with van der Waals surface area (Å²) < 4.78 is 11.1. The summed E-state index contributed by atoms with van der Waals surface area (Å²) >= 11 is 6.15. The van der Waals surface area contributed by atoms with Gasteiger partial charge in [0.25, 0.3) is 0 Å². The number of aromatic nitrogens is 1. The van der Waals surface area contributed by atoms with Crippen molar-refractivity contribution in [3.63, 3.8) is 0 Å². The summed E-state index contributed by atoms with van der Waals surface area (Å²) in [6, 6.07) is 12.9. The van der Waals surface area contributed by atoms with Crippen LogP contribution in [0.1, 0.15) is 18.5 Å². The van der Waals surface area contributed by atoms with E-state index in [1.54, 1.807) is 19.2 Å². The number of hydrogen-bond donors (Lipinski definition) is 0. The van der Waals surface area contributed by atoms with Gasteiger partial charge in [-0.3, -0.25) is 4.79 Å². The van der Waals surface area contributed by atoms with E-state index in [0.29, 0.717) is 28.9 Å². The molecule has 1 aromatic heterocycles. The normalized spacial score (nSPS) is 17.2. The molecule has 2 heterocycles. The Balaban J connectivity index is 1.60. The van der Waals surface area contributed by atoms with Gasteiger partial charge in [-0.15, -0.1) is 0 Å². The lowest BCUT2D eigenvalue weighted by molar-refractivity contribution is -0.133. The molecule has 1 amide bonds. The van der Waals surface area contributed by atoms with Crippen molar-refractivity contribution in [3.05, 3.63) is 53.2 Å². The van der Waals surface area contributed by atoms with E-state index in [2.05, 4.69) is 4.98 Å². The number of hydrogen-bond acceptors (Lipinski definition) is 4. The SMILES string of the molecule is COc1cccc(CC(=O)N2CCCC(Oc3ccccc3Cl)C2)n1. The van der Waals surface area contributed by atoms with Crippen LogP contribution < -0.4 is 9.47 Å². The lowest BCUT2D eigenvalue weighted by atomic mass is 10.1. The number of amides is 1. The summed E-state index contributed by atoms with van der Waals surface area (Å²) in [5.41, 5.74) is 0.707. The van der Waals surface area contributed by atoms with E-state index in [0.717, 1.165) is 19.4 Å². The van der Waals surface area contributed by atoms with E-state index in [1.165, 1.54) is 0 Å². The number of piperidine rings is 1. The predicted octanol–water partition coefficient (Wildman–Crippen LogP) is 3.36. The molecule has 25 heavy (non-hydrogen) atoms. The molecule has 1 saturated heterocycles. The van der Waals surface area contributed by atoms with Crippen LogP contribution in [-0.2, 0) is 11.2 Å². The second-order valence-corrected chi connectivity index (χ2v) is 6.41. The van der Waals surface area contributed by atoms with Gasteiger partial charge >= 0.3 is 0 Å². The van der Waals surface area contributed by atoms with Crippen molar-refractivity contribution in [1.29, 1.82) is 0 Å². The number of likely N-dealkylation sites (tertiary alicyclic amines) is 1. The third-order valence-corrected chi connectivity index (χ3v) is 4.50. The largest absolute Gasteiger partial charge is 0.487 e. The van der Waals surface area contributed by atoms with Gasteiger partial charge in [0, 0.05) is 12.6 Å². The molecule has 1 aromatic carbocycles. The minimum atomic E-state index is -0.0455. The van der Waals surface area contributed by atoms with Gasteiger partial charge in [-0.25, -0.2) is 4.98 Å². The third-order valence-electron chi connectivity index (χ3n) is 4.18. The first kappa shape index (κ1) is 17.5. The van der Waals surface area contributed by atoms with Gasteiger partial charge in [-0.2, -0.15) is 0 Å². The van der Waals surface area contributed by atoms with Gasteiger partial charge in [0.05, 0.1) is 30.8 Å². The fourth-order valence-corrected chi connectivity index (χ4v) is 3.10. The molecule has 1 unspecified atom stereocenters. The molecule has 6 heteroatoms. The van der Waals surface area contributed by atoms with Crippen LogP contribution in [-0.4, -0.2) is 42.1 Å². The number of carbonyl (C=O) groups excluding carboxylic acids is 1. The average molecular weight is 361 g/mol. The number of methoxy groups -OCH3 is 1. The second-order valence-electron chi connectivity index (χ2n) is 6.00. The van der Waals surface area contributed by atoms with Crippen LogP contribution in [0.15, 0.2) is 42.5 Å². The maximum absolute atomic E-state index is 12.6. The highest BCUT2D eigenvalue weighted by molar-refractivity contribution is 6.32. The van der Waals surface area contributed by atoms with Crippen molar-refractivity contribution in [2.45, 2.75) is 25.4 Å². The molecular formula is C19H21ClN2O3. The highest BCUT2D eigenvalue weighted by Crippen LogP contribution is 2.26. The Morgan fingerprint density at radius 3 is 2.92 bits per heavy atom. The first-order valence-electron chi connectivity index (χ1n) is 8.34. The Kier molecular flexibility index (Phi) is 5.76. The van der Waals surface area contributed by atoms with Crippen molar-refractivity contribution < 1.29 is 14.3 Å². The van der Waals surface area contributed by atoms with Gasteiger partial charge in [-0.1, -0.05) is 29.8 Å².